The SMILES string of the molecule is CC(C)(C)OC(=O)NCC1CCc2c(C(=O)O)cccc21. The number of hydrogen-bond acceptors (Lipinski definition) is 3. The lowest BCUT2D eigenvalue weighted by atomic mass is 9.98. The molecule has 1 unspecified atom stereocenters. The van der Waals surface area contributed by atoms with Crippen LogP contribution in [0.3, 0.4) is 0 Å². The van der Waals surface area contributed by atoms with Gasteiger partial charge in [-0.05, 0) is 50.8 Å². The van der Waals surface area contributed by atoms with Crippen molar-refractivity contribution in [3.8, 4) is 0 Å². The van der Waals surface area contributed by atoms with Gasteiger partial charge in [0.2, 0.25) is 0 Å². The first-order valence-electron chi connectivity index (χ1n) is 7.10. The van der Waals surface area contributed by atoms with Gasteiger partial charge in [-0.25, -0.2) is 9.59 Å². The number of alkyl carbamates (subject to hydrolysis) is 1. The van der Waals surface area contributed by atoms with Gasteiger partial charge in [-0.15, -0.1) is 0 Å². The van der Waals surface area contributed by atoms with E-state index in [0.717, 1.165) is 24.0 Å². The predicted octanol–water partition coefficient (Wildman–Crippen LogP) is 2.94. The zero-order valence-corrected chi connectivity index (χ0v) is 12.6. The van der Waals surface area contributed by atoms with E-state index >= 15 is 0 Å². The summed E-state index contributed by atoms with van der Waals surface area (Å²) in [5, 5.41) is 12.0. The molecular weight excluding hydrogens is 270 g/mol. The minimum absolute atomic E-state index is 0.145. The summed E-state index contributed by atoms with van der Waals surface area (Å²) in [7, 11) is 0. The van der Waals surface area contributed by atoms with Gasteiger partial charge in [0, 0.05) is 12.5 Å². The Morgan fingerprint density at radius 1 is 1.38 bits per heavy atom. The van der Waals surface area contributed by atoms with E-state index in [1.165, 1.54) is 0 Å². The third-order valence-corrected chi connectivity index (χ3v) is 3.52. The maximum Gasteiger partial charge on any atom is 0.407 e. The number of fused-ring (bicyclic) bond motifs is 1. The van der Waals surface area contributed by atoms with Gasteiger partial charge in [0.05, 0.1) is 5.56 Å². The quantitative estimate of drug-likeness (QED) is 0.897. The number of benzene rings is 1. The zero-order chi connectivity index (χ0) is 15.6. The average molecular weight is 291 g/mol. The largest absolute Gasteiger partial charge is 0.478 e. The lowest BCUT2D eigenvalue weighted by molar-refractivity contribution is 0.0523. The van der Waals surface area contributed by atoms with E-state index in [0.29, 0.717) is 12.1 Å². The molecule has 1 aromatic rings. The van der Waals surface area contributed by atoms with E-state index in [1.54, 1.807) is 12.1 Å². The van der Waals surface area contributed by atoms with Crippen LogP contribution in [0.15, 0.2) is 18.2 Å². The highest BCUT2D eigenvalue weighted by atomic mass is 16.6. The number of carbonyl (C=O) groups is 2. The van der Waals surface area contributed by atoms with Crippen LogP contribution in [0.2, 0.25) is 0 Å². The minimum atomic E-state index is -0.896. The first-order valence-corrected chi connectivity index (χ1v) is 7.10. The normalized spacial score (nSPS) is 17.2. The summed E-state index contributed by atoms with van der Waals surface area (Å²) in [6.45, 7) is 5.91. The topological polar surface area (TPSA) is 75.6 Å². The first-order chi connectivity index (χ1) is 9.78. The van der Waals surface area contributed by atoms with Gasteiger partial charge >= 0.3 is 12.1 Å². The zero-order valence-electron chi connectivity index (χ0n) is 12.6. The molecule has 1 amide bonds. The number of ether oxygens (including phenoxy) is 1. The molecule has 1 aromatic carbocycles. The molecule has 21 heavy (non-hydrogen) atoms. The Kier molecular flexibility index (Phi) is 4.21. The monoisotopic (exact) mass is 291 g/mol. The number of amides is 1. The Morgan fingerprint density at radius 3 is 2.71 bits per heavy atom. The van der Waals surface area contributed by atoms with Crippen molar-refractivity contribution < 1.29 is 19.4 Å². The molecule has 5 heteroatoms. The Labute approximate surface area is 124 Å². The molecule has 0 saturated heterocycles. The van der Waals surface area contributed by atoms with E-state index in [9.17, 15) is 14.7 Å². The van der Waals surface area contributed by atoms with Crippen LogP contribution >= 0.6 is 0 Å². The summed E-state index contributed by atoms with van der Waals surface area (Å²) < 4.78 is 5.20. The van der Waals surface area contributed by atoms with E-state index < -0.39 is 17.7 Å². The van der Waals surface area contributed by atoms with Crippen molar-refractivity contribution in [3.05, 3.63) is 34.9 Å². The predicted molar refractivity (Wildman–Crippen MR) is 78.7 cm³/mol. The Morgan fingerprint density at radius 2 is 2.10 bits per heavy atom. The summed E-state index contributed by atoms with van der Waals surface area (Å²) in [6, 6.07) is 5.33. The van der Waals surface area contributed by atoms with Crippen molar-refractivity contribution in [1.82, 2.24) is 5.32 Å². The summed E-state index contributed by atoms with van der Waals surface area (Å²) in [4.78, 5) is 22.9. The van der Waals surface area contributed by atoms with Crippen molar-refractivity contribution >= 4 is 12.1 Å². The molecule has 0 saturated carbocycles. The molecule has 0 bridgehead atoms. The summed E-state index contributed by atoms with van der Waals surface area (Å²) in [5.74, 6) is -0.751. The van der Waals surface area contributed by atoms with Gasteiger partial charge in [-0.3, -0.25) is 0 Å². The number of carboxylic acids is 1. The fourth-order valence-electron chi connectivity index (χ4n) is 2.67. The van der Waals surface area contributed by atoms with E-state index in [2.05, 4.69) is 5.32 Å². The third-order valence-electron chi connectivity index (χ3n) is 3.52. The van der Waals surface area contributed by atoms with Gasteiger partial charge < -0.3 is 15.2 Å². The third kappa shape index (κ3) is 3.74. The standard InChI is InChI=1S/C16H21NO4/c1-16(2,3)21-15(20)17-9-10-7-8-12-11(10)5-4-6-13(12)14(18)19/h4-6,10H,7-9H2,1-3H3,(H,17,20)(H,18,19). The summed E-state index contributed by atoms with van der Waals surface area (Å²) in [5.41, 5.74) is 1.76. The van der Waals surface area contributed by atoms with E-state index in [1.807, 2.05) is 26.8 Å². The van der Waals surface area contributed by atoms with Crippen LogP contribution in [0.25, 0.3) is 0 Å². The molecule has 114 valence electrons. The van der Waals surface area contributed by atoms with Crippen LogP contribution in [0.1, 0.15) is 54.6 Å². The number of nitrogens with one attached hydrogen (secondary N) is 1. The number of hydrogen-bond donors (Lipinski definition) is 2. The Bertz CT molecular complexity index is 560. The average Bonchev–Trinajstić information content (AvgIpc) is 2.77. The van der Waals surface area contributed by atoms with Crippen LogP contribution in [0.4, 0.5) is 4.79 Å². The fourth-order valence-corrected chi connectivity index (χ4v) is 2.67. The lowest BCUT2D eigenvalue weighted by Gasteiger charge is -2.21. The molecule has 2 N–H and O–H groups in total. The number of carboxylic acid groups (broad SMARTS) is 1. The van der Waals surface area contributed by atoms with Crippen LogP contribution < -0.4 is 5.32 Å². The smallest absolute Gasteiger partial charge is 0.407 e. The maximum atomic E-state index is 11.7. The van der Waals surface area contributed by atoms with Gasteiger partial charge in [0.25, 0.3) is 0 Å². The van der Waals surface area contributed by atoms with Crippen LogP contribution in [-0.2, 0) is 11.2 Å². The highest BCUT2D eigenvalue weighted by Gasteiger charge is 2.27. The highest BCUT2D eigenvalue weighted by Crippen LogP contribution is 2.34. The van der Waals surface area contributed by atoms with Crippen LogP contribution in [0.5, 0.6) is 0 Å². The molecule has 0 heterocycles. The minimum Gasteiger partial charge on any atom is -0.478 e. The molecular formula is C16H21NO4. The van der Waals surface area contributed by atoms with E-state index in [-0.39, 0.29) is 5.92 Å². The number of carbonyl (C=O) groups excluding carboxylic acids is 1. The second-order valence-corrected chi connectivity index (χ2v) is 6.30. The molecule has 2 rings (SSSR count). The highest BCUT2D eigenvalue weighted by molar-refractivity contribution is 5.90. The second kappa shape index (κ2) is 5.76. The van der Waals surface area contributed by atoms with Crippen molar-refractivity contribution in [2.24, 2.45) is 0 Å². The molecule has 1 aliphatic rings. The maximum absolute atomic E-state index is 11.7. The van der Waals surface area contributed by atoms with E-state index in [4.69, 9.17) is 4.74 Å². The number of aromatic carboxylic acids is 1. The molecule has 0 aromatic heterocycles. The second-order valence-electron chi connectivity index (χ2n) is 6.30. The van der Waals surface area contributed by atoms with Crippen molar-refractivity contribution in [1.29, 1.82) is 0 Å². The Balaban J connectivity index is 2.02. The van der Waals surface area contributed by atoms with Gasteiger partial charge in [-0.1, -0.05) is 12.1 Å². The number of rotatable bonds is 3. The first kappa shape index (κ1) is 15.4. The molecule has 0 fully saturated rings. The molecule has 0 spiro atoms. The molecule has 1 atom stereocenters. The van der Waals surface area contributed by atoms with Crippen LogP contribution in [0, 0.1) is 0 Å². The lowest BCUT2D eigenvalue weighted by Crippen LogP contribution is -2.34. The molecule has 0 aliphatic heterocycles. The Hall–Kier alpha value is -2.04. The molecule has 5 nitrogen and oxygen atoms in total. The van der Waals surface area contributed by atoms with Crippen LogP contribution in [-0.4, -0.2) is 29.3 Å². The fraction of sp³-hybridized carbons (Fsp3) is 0.500. The molecule has 0 radical (unpaired) electrons. The summed E-state index contributed by atoms with van der Waals surface area (Å²) in [6.07, 6.45) is 1.14. The van der Waals surface area contributed by atoms with Gasteiger partial charge in [-0.2, -0.15) is 0 Å². The van der Waals surface area contributed by atoms with Gasteiger partial charge in [0.1, 0.15) is 5.60 Å². The van der Waals surface area contributed by atoms with Gasteiger partial charge in [0.15, 0.2) is 0 Å². The molecule has 1 aliphatic carbocycles. The van der Waals surface area contributed by atoms with Crippen molar-refractivity contribution in [3.63, 3.8) is 0 Å². The van der Waals surface area contributed by atoms with Crippen molar-refractivity contribution in [2.45, 2.75) is 45.1 Å². The van der Waals surface area contributed by atoms with Crippen molar-refractivity contribution in [2.75, 3.05) is 6.54 Å². The summed E-state index contributed by atoms with van der Waals surface area (Å²) >= 11 is 0.